The van der Waals surface area contributed by atoms with Gasteiger partial charge in [-0.15, -0.1) is 0 Å². The summed E-state index contributed by atoms with van der Waals surface area (Å²) >= 11 is 0. The second-order valence-corrected chi connectivity index (χ2v) is 4.67. The maximum Gasteiger partial charge on any atom is 0.222 e. The van der Waals surface area contributed by atoms with Crippen molar-refractivity contribution >= 4 is 5.91 Å². The summed E-state index contributed by atoms with van der Waals surface area (Å²) in [6.45, 7) is 6.14. The van der Waals surface area contributed by atoms with Crippen LogP contribution in [0.15, 0.2) is 0 Å². The molecule has 1 heterocycles. The quantitative estimate of drug-likeness (QED) is 0.737. The molecule has 0 saturated carbocycles. The fourth-order valence-electron chi connectivity index (χ4n) is 1.85. The van der Waals surface area contributed by atoms with Crippen LogP contribution in [0, 0.1) is 5.92 Å². The second kappa shape index (κ2) is 5.35. The van der Waals surface area contributed by atoms with Crippen molar-refractivity contribution < 1.29 is 4.79 Å². The van der Waals surface area contributed by atoms with Gasteiger partial charge in [-0.05, 0) is 25.3 Å². The Balaban J connectivity index is 2.25. The summed E-state index contributed by atoms with van der Waals surface area (Å²) in [5.74, 6) is 0.732. The Hall–Kier alpha value is -0.570. The van der Waals surface area contributed by atoms with Gasteiger partial charge < -0.3 is 10.2 Å². The van der Waals surface area contributed by atoms with Gasteiger partial charge in [-0.2, -0.15) is 0 Å². The molecule has 0 aliphatic carbocycles. The van der Waals surface area contributed by atoms with Crippen molar-refractivity contribution in [2.75, 3.05) is 20.1 Å². The molecule has 1 atom stereocenters. The van der Waals surface area contributed by atoms with Gasteiger partial charge in [0.15, 0.2) is 0 Å². The Kier molecular flexibility index (Phi) is 4.39. The van der Waals surface area contributed by atoms with E-state index < -0.39 is 0 Å². The topological polar surface area (TPSA) is 32.3 Å². The molecule has 1 aliphatic rings. The largest absolute Gasteiger partial charge is 0.344 e. The van der Waals surface area contributed by atoms with E-state index in [0.29, 0.717) is 18.4 Å². The van der Waals surface area contributed by atoms with Crippen LogP contribution in [0.3, 0.4) is 0 Å². The van der Waals surface area contributed by atoms with E-state index in [1.165, 1.54) is 12.8 Å². The molecule has 0 aromatic carbocycles. The molecule has 1 saturated heterocycles. The first kappa shape index (κ1) is 11.5. The Morgan fingerprint density at radius 3 is 2.79 bits per heavy atom. The maximum atomic E-state index is 11.6. The summed E-state index contributed by atoms with van der Waals surface area (Å²) in [7, 11) is 1.91. The van der Waals surface area contributed by atoms with Crippen LogP contribution >= 0.6 is 0 Å². The molecule has 1 aliphatic heterocycles. The van der Waals surface area contributed by atoms with Crippen molar-refractivity contribution in [1.29, 1.82) is 0 Å². The van der Waals surface area contributed by atoms with Crippen molar-refractivity contribution in [3.63, 3.8) is 0 Å². The van der Waals surface area contributed by atoms with E-state index in [4.69, 9.17) is 0 Å². The third-order valence-corrected chi connectivity index (χ3v) is 2.67. The van der Waals surface area contributed by atoms with Gasteiger partial charge in [-0.25, -0.2) is 0 Å². The Labute approximate surface area is 86.9 Å². The highest BCUT2D eigenvalue weighted by molar-refractivity contribution is 5.76. The first-order chi connectivity index (χ1) is 6.59. The summed E-state index contributed by atoms with van der Waals surface area (Å²) in [4.78, 5) is 13.5. The highest BCUT2D eigenvalue weighted by Crippen LogP contribution is 2.08. The second-order valence-electron chi connectivity index (χ2n) is 4.67. The van der Waals surface area contributed by atoms with Gasteiger partial charge in [-0.1, -0.05) is 13.8 Å². The van der Waals surface area contributed by atoms with Crippen LogP contribution in [-0.2, 0) is 4.79 Å². The summed E-state index contributed by atoms with van der Waals surface area (Å²) in [6.07, 6.45) is 3.12. The number of carbonyl (C=O) groups excluding carboxylic acids is 1. The molecule has 1 amide bonds. The summed E-state index contributed by atoms with van der Waals surface area (Å²) in [5, 5.41) is 3.40. The predicted octanol–water partition coefficient (Wildman–Crippen LogP) is 1.24. The van der Waals surface area contributed by atoms with Gasteiger partial charge in [-0.3, -0.25) is 4.79 Å². The molecule has 0 bridgehead atoms. The number of hydrogen-bond acceptors (Lipinski definition) is 2. The van der Waals surface area contributed by atoms with Crippen LogP contribution in [0.2, 0.25) is 0 Å². The molecule has 1 rings (SSSR count). The highest BCUT2D eigenvalue weighted by Gasteiger charge is 2.18. The third kappa shape index (κ3) is 3.66. The molecular formula is C11H22N2O. The molecular weight excluding hydrogens is 176 g/mol. The summed E-state index contributed by atoms with van der Waals surface area (Å²) < 4.78 is 0. The van der Waals surface area contributed by atoms with Crippen molar-refractivity contribution in [2.45, 2.75) is 39.2 Å². The fraction of sp³-hybridized carbons (Fsp3) is 0.909. The lowest BCUT2D eigenvalue weighted by molar-refractivity contribution is -0.130. The summed E-state index contributed by atoms with van der Waals surface area (Å²) in [5.41, 5.74) is 0. The molecule has 3 heteroatoms. The smallest absolute Gasteiger partial charge is 0.222 e. The molecule has 14 heavy (non-hydrogen) atoms. The lowest BCUT2D eigenvalue weighted by atomic mass is 10.1. The van der Waals surface area contributed by atoms with E-state index in [1.807, 2.05) is 11.9 Å². The third-order valence-electron chi connectivity index (χ3n) is 2.67. The van der Waals surface area contributed by atoms with Gasteiger partial charge in [0, 0.05) is 26.1 Å². The van der Waals surface area contributed by atoms with E-state index >= 15 is 0 Å². The number of nitrogens with one attached hydrogen (secondary N) is 1. The number of amides is 1. The van der Waals surface area contributed by atoms with E-state index in [1.54, 1.807) is 0 Å². The molecule has 1 fully saturated rings. The molecule has 1 N–H and O–H groups in total. The Morgan fingerprint density at radius 2 is 2.29 bits per heavy atom. The van der Waals surface area contributed by atoms with Crippen LogP contribution in [0.4, 0.5) is 0 Å². The number of carbonyl (C=O) groups is 1. The fourth-order valence-corrected chi connectivity index (χ4v) is 1.85. The zero-order valence-electron chi connectivity index (χ0n) is 9.55. The van der Waals surface area contributed by atoms with Crippen molar-refractivity contribution in [2.24, 2.45) is 5.92 Å². The van der Waals surface area contributed by atoms with Crippen LogP contribution in [-0.4, -0.2) is 37.0 Å². The van der Waals surface area contributed by atoms with E-state index in [-0.39, 0.29) is 5.91 Å². The van der Waals surface area contributed by atoms with Crippen LogP contribution in [0.5, 0.6) is 0 Å². The molecule has 82 valence electrons. The Morgan fingerprint density at radius 1 is 1.57 bits per heavy atom. The molecule has 0 aromatic rings. The zero-order chi connectivity index (χ0) is 10.6. The molecule has 0 aromatic heterocycles. The molecule has 0 radical (unpaired) electrons. The van der Waals surface area contributed by atoms with E-state index in [2.05, 4.69) is 19.2 Å². The van der Waals surface area contributed by atoms with Gasteiger partial charge in [0.25, 0.3) is 0 Å². The van der Waals surface area contributed by atoms with E-state index in [0.717, 1.165) is 13.1 Å². The lowest BCUT2D eigenvalue weighted by Crippen LogP contribution is -2.38. The first-order valence-electron chi connectivity index (χ1n) is 5.57. The SMILES string of the molecule is CC(C)CC(=O)N(C)CC1CCCN1. The average molecular weight is 198 g/mol. The summed E-state index contributed by atoms with van der Waals surface area (Å²) in [6, 6.07) is 0.524. The van der Waals surface area contributed by atoms with Crippen molar-refractivity contribution in [3.05, 3.63) is 0 Å². The number of nitrogens with zero attached hydrogens (tertiary/aromatic N) is 1. The van der Waals surface area contributed by atoms with Gasteiger partial charge in [0.1, 0.15) is 0 Å². The van der Waals surface area contributed by atoms with Crippen LogP contribution in [0.1, 0.15) is 33.1 Å². The zero-order valence-corrected chi connectivity index (χ0v) is 9.55. The van der Waals surface area contributed by atoms with Gasteiger partial charge in [0.05, 0.1) is 0 Å². The average Bonchev–Trinajstić information content (AvgIpc) is 2.55. The Bertz CT molecular complexity index is 186. The maximum absolute atomic E-state index is 11.6. The molecule has 3 nitrogen and oxygen atoms in total. The normalized spacial score (nSPS) is 21.6. The molecule has 1 unspecified atom stereocenters. The predicted molar refractivity (Wildman–Crippen MR) is 58.1 cm³/mol. The van der Waals surface area contributed by atoms with E-state index in [9.17, 15) is 4.79 Å². The minimum atomic E-state index is 0.272. The monoisotopic (exact) mass is 198 g/mol. The minimum Gasteiger partial charge on any atom is -0.344 e. The van der Waals surface area contributed by atoms with Crippen molar-refractivity contribution in [3.8, 4) is 0 Å². The van der Waals surface area contributed by atoms with Gasteiger partial charge in [0.2, 0.25) is 5.91 Å². The van der Waals surface area contributed by atoms with Crippen molar-refractivity contribution in [1.82, 2.24) is 10.2 Å². The number of hydrogen-bond donors (Lipinski definition) is 1. The molecule has 0 spiro atoms. The van der Waals surface area contributed by atoms with Gasteiger partial charge >= 0.3 is 0 Å². The van der Waals surface area contributed by atoms with Crippen LogP contribution in [0.25, 0.3) is 0 Å². The lowest BCUT2D eigenvalue weighted by Gasteiger charge is -2.22. The van der Waals surface area contributed by atoms with Crippen LogP contribution < -0.4 is 5.32 Å². The minimum absolute atomic E-state index is 0.272. The number of rotatable bonds is 4. The number of likely N-dealkylation sites (N-methyl/N-ethyl adjacent to an activating group) is 1. The first-order valence-corrected chi connectivity index (χ1v) is 5.57. The highest BCUT2D eigenvalue weighted by atomic mass is 16.2. The standard InChI is InChI=1S/C11H22N2O/c1-9(2)7-11(14)13(3)8-10-5-4-6-12-10/h9-10,12H,4-8H2,1-3H3.